The minimum Gasteiger partial charge on any atom is -0.495 e. The van der Waals surface area contributed by atoms with Crippen LogP contribution in [0.5, 0.6) is 5.75 Å². The largest absolute Gasteiger partial charge is 0.495 e. The molecule has 6 heteroatoms. The lowest BCUT2D eigenvalue weighted by Gasteiger charge is -2.13. The number of imidazole rings is 1. The number of ether oxygens (including phenoxy) is 1. The van der Waals surface area contributed by atoms with Crippen LogP contribution in [-0.4, -0.2) is 26.9 Å². The van der Waals surface area contributed by atoms with Gasteiger partial charge in [-0.05, 0) is 43.7 Å². The van der Waals surface area contributed by atoms with Crippen LogP contribution in [-0.2, 0) is 0 Å². The van der Waals surface area contributed by atoms with E-state index in [1.165, 1.54) is 0 Å². The first-order valence-corrected chi connectivity index (χ1v) is 9.76. The maximum Gasteiger partial charge on any atom is 0.160 e. The summed E-state index contributed by atoms with van der Waals surface area (Å²) in [5, 5.41) is 14.2. The lowest BCUT2D eigenvalue weighted by Crippen LogP contribution is -2.00. The molecule has 0 fully saturated rings. The van der Waals surface area contributed by atoms with E-state index in [9.17, 15) is 0 Å². The van der Waals surface area contributed by atoms with Crippen molar-refractivity contribution in [1.82, 2.24) is 19.7 Å². The van der Waals surface area contributed by atoms with Gasteiger partial charge in [0.05, 0.1) is 29.5 Å². The smallest absolute Gasteiger partial charge is 0.160 e. The highest BCUT2D eigenvalue weighted by Crippen LogP contribution is 2.31. The Morgan fingerprint density at radius 3 is 2.57 bits per heavy atom. The summed E-state index contributed by atoms with van der Waals surface area (Å²) in [5.41, 5.74) is 5.84. The summed E-state index contributed by atoms with van der Waals surface area (Å²) in [4.78, 5) is 4.62. The average molecular weight is 395 g/mol. The molecule has 0 aliphatic heterocycles. The number of aryl methyl sites for hydroxylation is 2. The third-order valence-electron chi connectivity index (χ3n) is 5.34. The van der Waals surface area contributed by atoms with Crippen LogP contribution in [0.1, 0.15) is 11.3 Å². The molecule has 0 atom stereocenters. The monoisotopic (exact) mass is 395 g/mol. The molecule has 0 radical (unpaired) electrons. The molecule has 6 nitrogen and oxygen atoms in total. The molecule has 0 saturated carbocycles. The van der Waals surface area contributed by atoms with Gasteiger partial charge in [0, 0.05) is 16.5 Å². The zero-order chi connectivity index (χ0) is 20.7. The lowest BCUT2D eigenvalue weighted by molar-refractivity contribution is 0.413. The molecule has 0 amide bonds. The van der Waals surface area contributed by atoms with Crippen molar-refractivity contribution in [2.75, 3.05) is 12.4 Å². The van der Waals surface area contributed by atoms with Crippen molar-refractivity contribution in [1.29, 1.82) is 0 Å². The number of nitrogens with zero attached hydrogens (tertiary/aromatic N) is 4. The van der Waals surface area contributed by atoms with Gasteiger partial charge in [-0.3, -0.25) is 4.57 Å². The van der Waals surface area contributed by atoms with Gasteiger partial charge >= 0.3 is 0 Å². The predicted molar refractivity (Wildman–Crippen MR) is 120 cm³/mol. The molecule has 0 spiro atoms. The summed E-state index contributed by atoms with van der Waals surface area (Å²) < 4.78 is 7.64. The third-order valence-corrected chi connectivity index (χ3v) is 5.34. The molecule has 0 saturated heterocycles. The van der Waals surface area contributed by atoms with Gasteiger partial charge in [0.15, 0.2) is 5.82 Å². The number of benzene rings is 3. The fourth-order valence-corrected chi connectivity index (χ4v) is 3.84. The first kappa shape index (κ1) is 18.1. The molecule has 5 rings (SSSR count). The van der Waals surface area contributed by atoms with Gasteiger partial charge in [-0.15, -0.1) is 5.10 Å². The van der Waals surface area contributed by atoms with Crippen LogP contribution in [0.2, 0.25) is 0 Å². The molecule has 148 valence electrons. The van der Waals surface area contributed by atoms with Gasteiger partial charge < -0.3 is 10.1 Å². The molecule has 0 aliphatic rings. The van der Waals surface area contributed by atoms with Crippen LogP contribution < -0.4 is 10.1 Å². The van der Waals surface area contributed by atoms with E-state index in [1.807, 2.05) is 49.6 Å². The normalized spacial score (nSPS) is 11.2. The fourth-order valence-electron chi connectivity index (χ4n) is 3.84. The van der Waals surface area contributed by atoms with Crippen molar-refractivity contribution in [2.45, 2.75) is 13.8 Å². The predicted octanol–water partition coefficient (Wildman–Crippen LogP) is 5.34. The van der Waals surface area contributed by atoms with E-state index in [4.69, 9.17) is 4.74 Å². The average Bonchev–Trinajstić information content (AvgIpc) is 3.18. The minimum absolute atomic E-state index is 0.732. The van der Waals surface area contributed by atoms with Crippen LogP contribution in [0, 0.1) is 13.8 Å². The quantitative estimate of drug-likeness (QED) is 0.445. The van der Waals surface area contributed by atoms with Crippen LogP contribution >= 0.6 is 0 Å². The second-order valence-electron chi connectivity index (χ2n) is 7.25. The summed E-state index contributed by atoms with van der Waals surface area (Å²) in [6.45, 7) is 4.04. The Bertz CT molecular complexity index is 1390. The van der Waals surface area contributed by atoms with E-state index >= 15 is 0 Å². The zero-order valence-electron chi connectivity index (χ0n) is 17.0. The Morgan fingerprint density at radius 2 is 1.73 bits per heavy atom. The number of nitrogens with one attached hydrogen (secondary N) is 1. The van der Waals surface area contributed by atoms with Crippen LogP contribution in [0.15, 0.2) is 67.0 Å². The van der Waals surface area contributed by atoms with Crippen LogP contribution in [0.4, 0.5) is 11.5 Å². The van der Waals surface area contributed by atoms with Crippen molar-refractivity contribution in [3.8, 4) is 11.4 Å². The summed E-state index contributed by atoms with van der Waals surface area (Å²) in [6.07, 6.45) is 1.83. The summed E-state index contributed by atoms with van der Waals surface area (Å²) in [7, 11) is 1.69. The standard InChI is InChI=1S/C24H21N5O/c1-15-7-6-10-22(30-3)23(15)29-14-25-20-13-17(11-12-21(20)29)26-24-19-9-5-4-8-18(19)16(2)27-28-24/h4-14H,1-3H3,(H,26,28). The van der Waals surface area contributed by atoms with Gasteiger partial charge in [0.2, 0.25) is 0 Å². The maximum absolute atomic E-state index is 5.58. The minimum atomic E-state index is 0.732. The third kappa shape index (κ3) is 2.93. The van der Waals surface area contributed by atoms with Gasteiger partial charge in [-0.2, -0.15) is 5.10 Å². The Morgan fingerprint density at radius 1 is 0.900 bits per heavy atom. The van der Waals surface area contributed by atoms with Crippen molar-refractivity contribution in [3.05, 3.63) is 78.2 Å². The van der Waals surface area contributed by atoms with E-state index < -0.39 is 0 Å². The van der Waals surface area contributed by atoms with Gasteiger partial charge in [0.25, 0.3) is 0 Å². The highest BCUT2D eigenvalue weighted by atomic mass is 16.5. The van der Waals surface area contributed by atoms with E-state index in [-0.39, 0.29) is 0 Å². The molecule has 3 aromatic carbocycles. The summed E-state index contributed by atoms with van der Waals surface area (Å²) in [6, 6.07) is 20.3. The maximum atomic E-state index is 5.58. The molecule has 2 heterocycles. The van der Waals surface area contributed by atoms with Gasteiger partial charge in [0.1, 0.15) is 12.1 Å². The second-order valence-corrected chi connectivity index (χ2v) is 7.25. The highest BCUT2D eigenvalue weighted by molar-refractivity contribution is 5.95. The number of methoxy groups -OCH3 is 1. The van der Waals surface area contributed by atoms with E-state index in [0.717, 1.165) is 56.0 Å². The molecular formula is C24H21N5O. The molecule has 0 aliphatic carbocycles. The second kappa shape index (κ2) is 7.15. The van der Waals surface area contributed by atoms with Gasteiger partial charge in [-0.25, -0.2) is 4.98 Å². The van der Waals surface area contributed by atoms with Crippen molar-refractivity contribution in [3.63, 3.8) is 0 Å². The van der Waals surface area contributed by atoms with Gasteiger partial charge in [-0.1, -0.05) is 36.4 Å². The topological polar surface area (TPSA) is 64.9 Å². The molecule has 2 aromatic heterocycles. The SMILES string of the molecule is COc1cccc(C)c1-n1cnc2cc(Nc3nnc(C)c4ccccc34)ccc21. The highest BCUT2D eigenvalue weighted by Gasteiger charge is 2.13. The number of aromatic nitrogens is 4. The van der Waals surface area contributed by atoms with E-state index in [2.05, 4.69) is 56.3 Å². The fraction of sp³-hybridized carbons (Fsp3) is 0.125. The summed E-state index contributed by atoms with van der Waals surface area (Å²) >= 11 is 0. The van der Waals surface area contributed by atoms with Crippen molar-refractivity contribution < 1.29 is 4.74 Å². The van der Waals surface area contributed by atoms with Crippen LogP contribution in [0.25, 0.3) is 27.5 Å². The Balaban J connectivity index is 1.57. The Hall–Kier alpha value is -3.93. The van der Waals surface area contributed by atoms with E-state index in [1.54, 1.807) is 7.11 Å². The van der Waals surface area contributed by atoms with Crippen LogP contribution in [0.3, 0.4) is 0 Å². The summed E-state index contributed by atoms with van der Waals surface area (Å²) in [5.74, 6) is 1.55. The first-order chi connectivity index (χ1) is 14.7. The number of para-hydroxylation sites is 1. The number of hydrogen-bond donors (Lipinski definition) is 1. The number of fused-ring (bicyclic) bond motifs is 2. The number of rotatable bonds is 4. The Kier molecular flexibility index (Phi) is 4.32. The zero-order valence-corrected chi connectivity index (χ0v) is 17.0. The molecule has 5 aromatic rings. The number of anilines is 2. The number of hydrogen-bond acceptors (Lipinski definition) is 5. The molecule has 0 bridgehead atoms. The lowest BCUT2D eigenvalue weighted by atomic mass is 10.1. The first-order valence-electron chi connectivity index (χ1n) is 9.76. The van der Waals surface area contributed by atoms with E-state index in [0.29, 0.717) is 0 Å². The Labute approximate surface area is 174 Å². The van der Waals surface area contributed by atoms with Crippen molar-refractivity contribution >= 4 is 33.3 Å². The molecule has 1 N–H and O–H groups in total. The molecule has 30 heavy (non-hydrogen) atoms. The molecular weight excluding hydrogens is 374 g/mol. The molecule has 0 unspecified atom stereocenters. The van der Waals surface area contributed by atoms with Crippen molar-refractivity contribution in [2.24, 2.45) is 0 Å².